The third-order valence-corrected chi connectivity index (χ3v) is 5.64. The minimum Gasteiger partial charge on any atom is -0.465 e. The molecule has 0 radical (unpaired) electrons. The second-order valence-electron chi connectivity index (χ2n) is 9.17. The van der Waals surface area contributed by atoms with Crippen molar-refractivity contribution >= 4 is 12.1 Å². The van der Waals surface area contributed by atoms with Gasteiger partial charge in [0.15, 0.2) is 0 Å². The van der Waals surface area contributed by atoms with E-state index < -0.39 is 29.2 Å². The maximum atomic E-state index is 13.0. The number of esters is 1. The molecule has 0 aliphatic carbocycles. The summed E-state index contributed by atoms with van der Waals surface area (Å²) in [6.07, 6.45) is 0.756. The highest BCUT2D eigenvalue weighted by atomic mass is 16.6. The summed E-state index contributed by atoms with van der Waals surface area (Å²) in [5.74, 6) is -0.464. The van der Waals surface area contributed by atoms with Crippen molar-refractivity contribution in [2.75, 3.05) is 19.7 Å². The molecular weight excluding hydrogens is 410 g/mol. The largest absolute Gasteiger partial charge is 0.465 e. The molecule has 1 atom stereocenters. The number of aliphatic hydroxyl groups excluding tert-OH is 1. The van der Waals surface area contributed by atoms with Gasteiger partial charge < -0.3 is 19.5 Å². The highest BCUT2D eigenvalue weighted by Gasteiger charge is 2.50. The number of aliphatic hydroxyl groups is 1. The Kier molecular flexibility index (Phi) is 7.23. The van der Waals surface area contributed by atoms with Crippen LogP contribution in [0.5, 0.6) is 0 Å². The van der Waals surface area contributed by atoms with Gasteiger partial charge in [-0.15, -0.1) is 0 Å². The zero-order chi connectivity index (χ0) is 23.4. The fraction of sp³-hybridized carbons (Fsp3) is 0.542. The van der Waals surface area contributed by atoms with Gasteiger partial charge >= 0.3 is 12.1 Å². The number of aromatic nitrogens is 2. The first-order valence-electron chi connectivity index (χ1n) is 11.0. The number of hydrogen-bond donors (Lipinski definition) is 1. The molecule has 32 heavy (non-hydrogen) atoms. The SMILES string of the molecule is CCOC(=O)C1(C(O)c2ccn(Cc3ccccc3)n2)CCN(C(=O)OC(C)(C)C)CC1. The summed E-state index contributed by atoms with van der Waals surface area (Å²) in [6.45, 7) is 8.53. The Bertz CT molecular complexity index is 911. The number of nitrogens with zero attached hydrogens (tertiary/aromatic N) is 3. The van der Waals surface area contributed by atoms with E-state index >= 15 is 0 Å². The normalized spacial score (nSPS) is 17.0. The van der Waals surface area contributed by atoms with Gasteiger partial charge in [-0.1, -0.05) is 30.3 Å². The number of hydrogen-bond acceptors (Lipinski definition) is 6. The quantitative estimate of drug-likeness (QED) is 0.687. The average Bonchev–Trinajstić information content (AvgIpc) is 3.21. The molecule has 1 aliphatic rings. The molecule has 1 N–H and O–H groups in total. The molecule has 1 aromatic carbocycles. The third-order valence-electron chi connectivity index (χ3n) is 5.64. The topological polar surface area (TPSA) is 93.9 Å². The van der Waals surface area contributed by atoms with Crippen LogP contribution >= 0.6 is 0 Å². The van der Waals surface area contributed by atoms with Crippen molar-refractivity contribution in [1.29, 1.82) is 0 Å². The molecule has 1 amide bonds. The van der Waals surface area contributed by atoms with Crippen LogP contribution in [0.15, 0.2) is 42.6 Å². The van der Waals surface area contributed by atoms with Crippen LogP contribution in [-0.2, 0) is 20.8 Å². The van der Waals surface area contributed by atoms with E-state index in [0.29, 0.717) is 12.2 Å². The lowest BCUT2D eigenvalue weighted by atomic mass is 9.72. The number of rotatable bonds is 6. The number of ether oxygens (including phenoxy) is 2. The van der Waals surface area contributed by atoms with E-state index in [1.54, 1.807) is 28.8 Å². The summed E-state index contributed by atoms with van der Waals surface area (Å²) in [5.41, 5.74) is -0.264. The first kappa shape index (κ1) is 23.8. The molecule has 1 aromatic heterocycles. The van der Waals surface area contributed by atoms with Crippen LogP contribution in [0.2, 0.25) is 0 Å². The first-order valence-corrected chi connectivity index (χ1v) is 11.0. The number of amides is 1. The summed E-state index contributed by atoms with van der Waals surface area (Å²) in [4.78, 5) is 27.0. The van der Waals surface area contributed by atoms with E-state index in [1.165, 1.54) is 0 Å². The molecule has 174 valence electrons. The summed E-state index contributed by atoms with van der Waals surface area (Å²) in [6, 6.07) is 11.6. The predicted octanol–water partition coefficient (Wildman–Crippen LogP) is 3.55. The summed E-state index contributed by atoms with van der Waals surface area (Å²) < 4.78 is 12.5. The van der Waals surface area contributed by atoms with E-state index in [9.17, 15) is 14.7 Å². The molecule has 1 saturated heterocycles. The fourth-order valence-corrected chi connectivity index (χ4v) is 3.94. The van der Waals surface area contributed by atoms with Crippen molar-refractivity contribution < 1.29 is 24.2 Å². The van der Waals surface area contributed by atoms with Gasteiger partial charge in [0.25, 0.3) is 0 Å². The predicted molar refractivity (Wildman–Crippen MR) is 119 cm³/mol. The van der Waals surface area contributed by atoms with Gasteiger partial charge in [-0.25, -0.2) is 4.79 Å². The Balaban J connectivity index is 1.76. The lowest BCUT2D eigenvalue weighted by Crippen LogP contribution is -2.51. The molecule has 1 unspecified atom stereocenters. The summed E-state index contributed by atoms with van der Waals surface area (Å²) in [5, 5.41) is 15.8. The van der Waals surface area contributed by atoms with E-state index in [0.717, 1.165) is 5.56 Å². The minimum atomic E-state index is -1.17. The molecule has 8 heteroatoms. The molecule has 2 heterocycles. The standard InChI is InChI=1S/C24H33N3O5/c1-5-31-21(29)24(12-15-26(16-13-24)22(30)32-23(2,3)4)20(28)19-11-14-27(25-19)17-18-9-7-6-8-10-18/h6-11,14,20,28H,5,12-13,15-17H2,1-4H3. The monoisotopic (exact) mass is 443 g/mol. The number of benzene rings is 1. The van der Waals surface area contributed by atoms with Crippen molar-refractivity contribution in [2.24, 2.45) is 5.41 Å². The molecule has 8 nitrogen and oxygen atoms in total. The molecule has 1 aliphatic heterocycles. The van der Waals surface area contributed by atoms with Crippen LogP contribution in [-0.4, -0.2) is 57.1 Å². The Morgan fingerprint density at radius 2 is 1.81 bits per heavy atom. The van der Waals surface area contributed by atoms with Crippen LogP contribution in [0.25, 0.3) is 0 Å². The Labute approximate surface area is 189 Å². The van der Waals surface area contributed by atoms with Crippen molar-refractivity contribution in [2.45, 2.75) is 58.8 Å². The lowest BCUT2D eigenvalue weighted by Gasteiger charge is -2.42. The first-order chi connectivity index (χ1) is 15.1. The van der Waals surface area contributed by atoms with E-state index in [4.69, 9.17) is 9.47 Å². The van der Waals surface area contributed by atoms with E-state index in [-0.39, 0.29) is 32.5 Å². The van der Waals surface area contributed by atoms with Crippen LogP contribution in [0.4, 0.5) is 4.79 Å². The van der Waals surface area contributed by atoms with Crippen LogP contribution in [0.1, 0.15) is 57.9 Å². The maximum absolute atomic E-state index is 13.0. The van der Waals surface area contributed by atoms with Crippen LogP contribution < -0.4 is 0 Å². The lowest BCUT2D eigenvalue weighted by molar-refractivity contribution is -0.168. The number of carbonyl (C=O) groups excluding carboxylic acids is 2. The zero-order valence-electron chi connectivity index (χ0n) is 19.3. The maximum Gasteiger partial charge on any atom is 0.410 e. The number of carbonyl (C=O) groups is 2. The molecule has 0 spiro atoms. The smallest absolute Gasteiger partial charge is 0.410 e. The molecule has 0 saturated carbocycles. The zero-order valence-corrected chi connectivity index (χ0v) is 19.3. The van der Waals surface area contributed by atoms with E-state index in [1.807, 2.05) is 51.1 Å². The fourth-order valence-electron chi connectivity index (χ4n) is 3.94. The van der Waals surface area contributed by atoms with Crippen molar-refractivity contribution in [3.05, 3.63) is 53.9 Å². The van der Waals surface area contributed by atoms with Crippen LogP contribution in [0.3, 0.4) is 0 Å². The highest BCUT2D eigenvalue weighted by Crippen LogP contribution is 2.44. The highest BCUT2D eigenvalue weighted by molar-refractivity contribution is 5.78. The molecule has 2 aromatic rings. The van der Waals surface area contributed by atoms with Crippen LogP contribution in [0, 0.1) is 5.41 Å². The molecule has 3 rings (SSSR count). The minimum absolute atomic E-state index is 0.214. The molecule has 0 bridgehead atoms. The van der Waals surface area contributed by atoms with Gasteiger partial charge in [0.05, 0.1) is 18.8 Å². The molecule has 1 fully saturated rings. The van der Waals surface area contributed by atoms with Crippen molar-refractivity contribution in [3.63, 3.8) is 0 Å². The average molecular weight is 444 g/mol. The van der Waals surface area contributed by atoms with Gasteiger partial charge in [0.2, 0.25) is 0 Å². The van der Waals surface area contributed by atoms with Crippen molar-refractivity contribution in [3.8, 4) is 0 Å². The third kappa shape index (κ3) is 5.48. The Hall–Kier alpha value is -2.87. The second kappa shape index (κ2) is 9.73. The molecular formula is C24H33N3O5. The van der Waals surface area contributed by atoms with Gasteiger partial charge in [-0.2, -0.15) is 5.10 Å². The Morgan fingerprint density at radius 3 is 2.41 bits per heavy atom. The number of likely N-dealkylation sites (tertiary alicyclic amines) is 1. The summed E-state index contributed by atoms with van der Waals surface area (Å²) >= 11 is 0. The van der Waals surface area contributed by atoms with Gasteiger partial charge in [-0.05, 0) is 52.2 Å². The Morgan fingerprint density at radius 1 is 1.16 bits per heavy atom. The number of piperidine rings is 1. The summed E-state index contributed by atoms with van der Waals surface area (Å²) in [7, 11) is 0. The van der Waals surface area contributed by atoms with Gasteiger partial charge in [-0.3, -0.25) is 9.48 Å². The second-order valence-corrected chi connectivity index (χ2v) is 9.17. The van der Waals surface area contributed by atoms with E-state index in [2.05, 4.69) is 5.10 Å². The van der Waals surface area contributed by atoms with Crippen molar-refractivity contribution in [1.82, 2.24) is 14.7 Å². The van der Waals surface area contributed by atoms with Gasteiger partial charge in [0, 0.05) is 19.3 Å². The van der Waals surface area contributed by atoms with Gasteiger partial charge in [0.1, 0.15) is 17.1 Å².